The normalized spacial score (nSPS) is 22.0. The van der Waals surface area contributed by atoms with Crippen molar-refractivity contribution in [1.29, 1.82) is 0 Å². The van der Waals surface area contributed by atoms with Gasteiger partial charge in [-0.1, -0.05) is 0 Å². The van der Waals surface area contributed by atoms with Crippen LogP contribution in [0.25, 0.3) is 0 Å². The molecule has 5 heteroatoms. The molecule has 82 valence electrons. The van der Waals surface area contributed by atoms with Crippen LogP contribution < -0.4 is 0 Å². The Kier molecular flexibility index (Phi) is 4.86. The van der Waals surface area contributed by atoms with Crippen molar-refractivity contribution in [1.82, 2.24) is 4.90 Å². The lowest BCUT2D eigenvalue weighted by molar-refractivity contribution is -0.156. The molecule has 0 spiro atoms. The Morgan fingerprint density at radius 2 is 2.36 bits per heavy atom. The van der Waals surface area contributed by atoms with Gasteiger partial charge in [0, 0.05) is 20.2 Å². The van der Waals surface area contributed by atoms with Gasteiger partial charge in [-0.05, 0) is 6.42 Å². The van der Waals surface area contributed by atoms with Gasteiger partial charge >= 0.3 is 0 Å². The highest BCUT2D eigenvalue weighted by Crippen LogP contribution is 2.04. The molecule has 1 rings (SSSR count). The highest BCUT2D eigenvalue weighted by molar-refractivity contribution is 5.80. The quantitative estimate of drug-likeness (QED) is 0.652. The third kappa shape index (κ3) is 3.25. The summed E-state index contributed by atoms with van der Waals surface area (Å²) in [7, 11) is 1.70. The number of ether oxygens (including phenoxy) is 2. The monoisotopic (exact) mass is 203 g/mol. The van der Waals surface area contributed by atoms with Gasteiger partial charge in [-0.25, -0.2) is 0 Å². The second kappa shape index (κ2) is 5.95. The SMILES string of the molecule is CN(CCCO)C(=O)C1COCCO1. The minimum absolute atomic E-state index is 0.0712. The molecule has 5 nitrogen and oxygen atoms in total. The minimum Gasteiger partial charge on any atom is -0.396 e. The smallest absolute Gasteiger partial charge is 0.253 e. The molecule has 1 aliphatic rings. The number of amides is 1. The van der Waals surface area contributed by atoms with E-state index in [1.165, 1.54) is 0 Å². The van der Waals surface area contributed by atoms with Crippen LogP contribution in [0.2, 0.25) is 0 Å². The first kappa shape index (κ1) is 11.4. The number of carbonyl (C=O) groups is 1. The molecule has 0 radical (unpaired) electrons. The zero-order chi connectivity index (χ0) is 10.4. The number of aliphatic hydroxyl groups is 1. The predicted octanol–water partition coefficient (Wildman–Crippen LogP) is -0.757. The Morgan fingerprint density at radius 3 is 2.93 bits per heavy atom. The van der Waals surface area contributed by atoms with Crippen molar-refractivity contribution in [3.05, 3.63) is 0 Å². The summed E-state index contributed by atoms with van der Waals surface area (Å²) in [6, 6.07) is 0. The lowest BCUT2D eigenvalue weighted by atomic mass is 10.3. The maximum atomic E-state index is 11.6. The molecule has 1 N–H and O–H groups in total. The number of carbonyl (C=O) groups excluding carboxylic acids is 1. The molecule has 1 unspecified atom stereocenters. The topological polar surface area (TPSA) is 59.0 Å². The summed E-state index contributed by atoms with van der Waals surface area (Å²) >= 11 is 0. The van der Waals surface area contributed by atoms with E-state index >= 15 is 0 Å². The van der Waals surface area contributed by atoms with Crippen molar-refractivity contribution in [2.24, 2.45) is 0 Å². The van der Waals surface area contributed by atoms with Crippen LogP contribution in [-0.2, 0) is 14.3 Å². The first-order valence-electron chi connectivity index (χ1n) is 4.81. The highest BCUT2D eigenvalue weighted by Gasteiger charge is 2.25. The van der Waals surface area contributed by atoms with Crippen LogP contribution in [0, 0.1) is 0 Å². The maximum absolute atomic E-state index is 11.6. The van der Waals surface area contributed by atoms with Crippen molar-refractivity contribution in [3.63, 3.8) is 0 Å². The Balaban J connectivity index is 2.30. The molecule has 1 amide bonds. The van der Waals surface area contributed by atoms with Crippen molar-refractivity contribution in [2.45, 2.75) is 12.5 Å². The summed E-state index contributed by atoms with van der Waals surface area (Å²) in [5, 5.41) is 8.61. The van der Waals surface area contributed by atoms with Crippen molar-refractivity contribution < 1.29 is 19.4 Å². The first-order chi connectivity index (χ1) is 6.75. The van der Waals surface area contributed by atoms with Gasteiger partial charge in [-0.2, -0.15) is 0 Å². The van der Waals surface area contributed by atoms with Crippen molar-refractivity contribution in [3.8, 4) is 0 Å². The van der Waals surface area contributed by atoms with Crippen LogP contribution in [0.15, 0.2) is 0 Å². The molecular weight excluding hydrogens is 186 g/mol. The molecular formula is C9H17NO4. The zero-order valence-electron chi connectivity index (χ0n) is 8.44. The fraction of sp³-hybridized carbons (Fsp3) is 0.889. The van der Waals surface area contributed by atoms with E-state index in [1.807, 2.05) is 0 Å². The molecule has 0 aromatic rings. The van der Waals surface area contributed by atoms with Crippen molar-refractivity contribution >= 4 is 5.91 Å². The largest absolute Gasteiger partial charge is 0.396 e. The van der Waals surface area contributed by atoms with Gasteiger partial charge in [0.05, 0.1) is 19.8 Å². The lowest BCUT2D eigenvalue weighted by Crippen LogP contribution is -2.44. The zero-order valence-corrected chi connectivity index (χ0v) is 8.44. The molecule has 0 aliphatic carbocycles. The number of nitrogens with zero attached hydrogens (tertiary/aromatic N) is 1. The molecule has 0 saturated carbocycles. The number of hydrogen-bond acceptors (Lipinski definition) is 4. The standard InChI is InChI=1S/C9H17NO4/c1-10(3-2-4-11)9(12)8-7-13-5-6-14-8/h8,11H,2-7H2,1H3. The van der Waals surface area contributed by atoms with E-state index in [0.717, 1.165) is 0 Å². The Labute approximate surface area is 83.6 Å². The molecule has 14 heavy (non-hydrogen) atoms. The van der Waals surface area contributed by atoms with E-state index < -0.39 is 6.10 Å². The Hall–Kier alpha value is -0.650. The Morgan fingerprint density at radius 1 is 1.57 bits per heavy atom. The maximum Gasteiger partial charge on any atom is 0.253 e. The molecule has 0 aromatic carbocycles. The summed E-state index contributed by atoms with van der Waals surface area (Å²) in [5.41, 5.74) is 0. The summed E-state index contributed by atoms with van der Waals surface area (Å²) in [6.07, 6.45) is 0.128. The second-order valence-corrected chi connectivity index (χ2v) is 3.27. The van der Waals surface area contributed by atoms with Crippen molar-refractivity contribution in [2.75, 3.05) is 40.0 Å². The van der Waals surface area contributed by atoms with Gasteiger partial charge in [-0.3, -0.25) is 4.79 Å². The third-order valence-corrected chi connectivity index (χ3v) is 2.12. The molecule has 1 aliphatic heterocycles. The summed E-state index contributed by atoms with van der Waals surface area (Å²) in [5.74, 6) is -0.0712. The Bertz CT molecular complexity index is 180. The van der Waals surface area contributed by atoms with E-state index in [0.29, 0.717) is 32.8 Å². The van der Waals surface area contributed by atoms with Crippen LogP contribution in [0.4, 0.5) is 0 Å². The van der Waals surface area contributed by atoms with E-state index in [4.69, 9.17) is 14.6 Å². The minimum atomic E-state index is -0.465. The lowest BCUT2D eigenvalue weighted by Gasteiger charge is -2.26. The van der Waals surface area contributed by atoms with Crippen LogP contribution >= 0.6 is 0 Å². The molecule has 1 atom stereocenters. The van der Waals surface area contributed by atoms with Crippen LogP contribution in [0.5, 0.6) is 0 Å². The van der Waals surface area contributed by atoms with Gasteiger partial charge in [-0.15, -0.1) is 0 Å². The number of aliphatic hydroxyl groups excluding tert-OH is 1. The number of hydrogen-bond donors (Lipinski definition) is 1. The summed E-state index contributed by atoms with van der Waals surface area (Å²) in [4.78, 5) is 13.2. The van der Waals surface area contributed by atoms with Crippen LogP contribution in [-0.4, -0.2) is 62.0 Å². The van der Waals surface area contributed by atoms with Gasteiger partial charge in [0.15, 0.2) is 6.10 Å². The molecule has 1 heterocycles. The van der Waals surface area contributed by atoms with E-state index in [1.54, 1.807) is 11.9 Å². The fourth-order valence-electron chi connectivity index (χ4n) is 1.29. The van der Waals surface area contributed by atoms with E-state index in [9.17, 15) is 4.79 Å². The van der Waals surface area contributed by atoms with Crippen LogP contribution in [0.3, 0.4) is 0 Å². The van der Waals surface area contributed by atoms with Gasteiger partial charge in [0.2, 0.25) is 0 Å². The summed E-state index contributed by atoms with van der Waals surface area (Å²) in [6.45, 7) is 2.02. The van der Waals surface area contributed by atoms with Gasteiger partial charge < -0.3 is 19.5 Å². The average Bonchev–Trinajstić information content (AvgIpc) is 2.26. The average molecular weight is 203 g/mol. The molecule has 0 bridgehead atoms. The number of likely N-dealkylation sites (N-methyl/N-ethyl adjacent to an activating group) is 1. The van der Waals surface area contributed by atoms with E-state index in [2.05, 4.69) is 0 Å². The third-order valence-electron chi connectivity index (χ3n) is 2.12. The van der Waals surface area contributed by atoms with Gasteiger partial charge in [0.1, 0.15) is 0 Å². The molecule has 1 saturated heterocycles. The fourth-order valence-corrected chi connectivity index (χ4v) is 1.29. The van der Waals surface area contributed by atoms with Crippen LogP contribution in [0.1, 0.15) is 6.42 Å². The predicted molar refractivity (Wildman–Crippen MR) is 49.9 cm³/mol. The first-order valence-corrected chi connectivity index (χ1v) is 4.81. The molecule has 0 aromatic heterocycles. The number of rotatable bonds is 4. The van der Waals surface area contributed by atoms with E-state index in [-0.39, 0.29) is 12.5 Å². The molecule has 1 fully saturated rings. The van der Waals surface area contributed by atoms with Gasteiger partial charge in [0.25, 0.3) is 5.91 Å². The summed E-state index contributed by atoms with van der Waals surface area (Å²) < 4.78 is 10.4. The highest BCUT2D eigenvalue weighted by atomic mass is 16.6. The second-order valence-electron chi connectivity index (χ2n) is 3.27.